The third-order valence-corrected chi connectivity index (χ3v) is 2.73. The molecule has 6 nitrogen and oxygen atoms in total. The maximum absolute atomic E-state index is 11.5. The van der Waals surface area contributed by atoms with Crippen molar-refractivity contribution in [1.29, 1.82) is 0 Å². The first-order valence-electron chi connectivity index (χ1n) is 6.03. The quantitative estimate of drug-likeness (QED) is 0.754. The van der Waals surface area contributed by atoms with Gasteiger partial charge in [-0.25, -0.2) is 9.86 Å². The number of cyclic esters (lactones) is 1. The van der Waals surface area contributed by atoms with Crippen LogP contribution in [0.5, 0.6) is 0 Å². The lowest BCUT2D eigenvalue weighted by molar-refractivity contribution is -0.197. The van der Waals surface area contributed by atoms with Crippen molar-refractivity contribution in [2.24, 2.45) is 0 Å². The molecule has 19 heavy (non-hydrogen) atoms. The molecule has 0 radical (unpaired) electrons. The van der Waals surface area contributed by atoms with E-state index in [2.05, 4.69) is 0 Å². The molecule has 0 aromatic heterocycles. The molecule has 0 aliphatic carbocycles. The zero-order valence-corrected chi connectivity index (χ0v) is 10.7. The van der Waals surface area contributed by atoms with E-state index in [9.17, 15) is 9.59 Å². The predicted molar refractivity (Wildman–Crippen MR) is 66.7 cm³/mol. The Kier molecular flexibility index (Phi) is 4.35. The van der Waals surface area contributed by atoms with Crippen LogP contribution in [-0.2, 0) is 21.0 Å². The molecule has 0 atom stereocenters. The smallest absolute Gasteiger partial charge is 0.411 e. The van der Waals surface area contributed by atoms with Crippen LogP contribution in [0, 0.1) is 0 Å². The lowest BCUT2D eigenvalue weighted by Gasteiger charge is -2.24. The minimum atomic E-state index is -0.422. The van der Waals surface area contributed by atoms with Crippen LogP contribution in [0.1, 0.15) is 12.5 Å². The summed E-state index contributed by atoms with van der Waals surface area (Å²) in [5.41, 5.74) is 0.956. The molecule has 0 N–H and O–H groups in total. The van der Waals surface area contributed by atoms with Crippen LogP contribution in [0.4, 0.5) is 4.79 Å². The van der Waals surface area contributed by atoms with E-state index >= 15 is 0 Å². The Hall–Kier alpha value is -2.08. The van der Waals surface area contributed by atoms with Crippen LogP contribution in [0.2, 0.25) is 0 Å². The second-order valence-electron chi connectivity index (χ2n) is 4.18. The van der Waals surface area contributed by atoms with Crippen molar-refractivity contribution in [2.45, 2.75) is 13.5 Å². The lowest BCUT2D eigenvalue weighted by Crippen LogP contribution is -2.40. The molecular formula is C13H16N2O4. The SMILES string of the molecule is CC(=O)N(CN1CCOC1=O)OCc1ccccc1. The van der Waals surface area contributed by atoms with Crippen LogP contribution in [-0.4, -0.2) is 41.8 Å². The van der Waals surface area contributed by atoms with Crippen molar-refractivity contribution in [3.63, 3.8) is 0 Å². The molecular weight excluding hydrogens is 248 g/mol. The molecule has 0 spiro atoms. The van der Waals surface area contributed by atoms with E-state index in [0.717, 1.165) is 5.56 Å². The third-order valence-electron chi connectivity index (χ3n) is 2.73. The summed E-state index contributed by atoms with van der Waals surface area (Å²) >= 11 is 0. The summed E-state index contributed by atoms with van der Waals surface area (Å²) in [4.78, 5) is 29.7. The molecule has 0 saturated carbocycles. The van der Waals surface area contributed by atoms with Gasteiger partial charge in [-0.2, -0.15) is 0 Å². The summed E-state index contributed by atoms with van der Waals surface area (Å²) in [5, 5.41) is 1.17. The van der Waals surface area contributed by atoms with Crippen molar-refractivity contribution in [2.75, 3.05) is 19.8 Å². The Bertz CT molecular complexity index is 449. The maximum atomic E-state index is 11.5. The fourth-order valence-corrected chi connectivity index (χ4v) is 1.67. The molecule has 6 heteroatoms. The van der Waals surface area contributed by atoms with Gasteiger partial charge in [-0.1, -0.05) is 30.3 Å². The lowest BCUT2D eigenvalue weighted by atomic mass is 10.2. The Balaban J connectivity index is 1.89. The van der Waals surface area contributed by atoms with Gasteiger partial charge in [0.15, 0.2) is 0 Å². The average Bonchev–Trinajstić information content (AvgIpc) is 2.81. The molecule has 1 aliphatic rings. The Morgan fingerprint density at radius 1 is 1.42 bits per heavy atom. The number of carbonyl (C=O) groups is 2. The summed E-state index contributed by atoms with van der Waals surface area (Å²) in [7, 11) is 0. The number of nitrogens with zero attached hydrogens (tertiary/aromatic N) is 2. The molecule has 2 rings (SSSR count). The van der Waals surface area contributed by atoms with E-state index in [1.807, 2.05) is 30.3 Å². The molecule has 0 bridgehead atoms. The first-order chi connectivity index (χ1) is 9.16. The first kappa shape index (κ1) is 13.4. The fourth-order valence-electron chi connectivity index (χ4n) is 1.67. The highest BCUT2D eigenvalue weighted by Gasteiger charge is 2.25. The molecule has 1 aliphatic heterocycles. The molecule has 1 saturated heterocycles. The van der Waals surface area contributed by atoms with Crippen molar-refractivity contribution in [3.8, 4) is 0 Å². The van der Waals surface area contributed by atoms with Crippen molar-refractivity contribution in [1.82, 2.24) is 9.96 Å². The van der Waals surface area contributed by atoms with Crippen LogP contribution < -0.4 is 0 Å². The minimum Gasteiger partial charge on any atom is -0.447 e. The van der Waals surface area contributed by atoms with E-state index in [4.69, 9.17) is 9.57 Å². The van der Waals surface area contributed by atoms with Gasteiger partial charge in [0, 0.05) is 6.92 Å². The number of rotatable bonds is 5. The van der Waals surface area contributed by atoms with Gasteiger partial charge in [-0.3, -0.25) is 14.5 Å². The Labute approximate surface area is 111 Å². The van der Waals surface area contributed by atoms with Gasteiger partial charge in [0.1, 0.15) is 19.9 Å². The number of hydrogen-bond acceptors (Lipinski definition) is 4. The zero-order valence-electron chi connectivity index (χ0n) is 10.7. The molecule has 1 fully saturated rings. The second-order valence-corrected chi connectivity index (χ2v) is 4.18. The van der Waals surface area contributed by atoms with E-state index < -0.39 is 6.09 Å². The molecule has 1 aromatic rings. The van der Waals surface area contributed by atoms with Crippen molar-refractivity contribution < 1.29 is 19.2 Å². The summed E-state index contributed by atoms with van der Waals surface area (Å²) in [5.74, 6) is -0.254. The summed E-state index contributed by atoms with van der Waals surface area (Å²) < 4.78 is 4.80. The number of ether oxygens (including phenoxy) is 1. The standard InChI is InChI=1S/C13H16N2O4/c1-11(16)15(10-14-7-8-18-13(14)17)19-9-12-5-3-2-4-6-12/h2-6H,7-10H2,1H3. The molecule has 0 unspecified atom stereocenters. The Morgan fingerprint density at radius 2 is 2.16 bits per heavy atom. The van der Waals surface area contributed by atoms with Crippen molar-refractivity contribution >= 4 is 12.0 Å². The van der Waals surface area contributed by atoms with Crippen LogP contribution in [0.15, 0.2) is 30.3 Å². The van der Waals surface area contributed by atoms with Gasteiger partial charge in [0.25, 0.3) is 0 Å². The average molecular weight is 264 g/mol. The third kappa shape index (κ3) is 3.69. The number of carbonyl (C=O) groups excluding carboxylic acids is 2. The second kappa shape index (κ2) is 6.19. The summed E-state index contributed by atoms with van der Waals surface area (Å²) in [6, 6.07) is 9.51. The van der Waals surface area contributed by atoms with E-state index in [1.165, 1.54) is 16.9 Å². The number of amides is 2. The highest BCUT2D eigenvalue weighted by atomic mass is 16.7. The van der Waals surface area contributed by atoms with Crippen LogP contribution in [0.25, 0.3) is 0 Å². The van der Waals surface area contributed by atoms with Gasteiger partial charge >= 0.3 is 6.09 Å². The first-order valence-corrected chi connectivity index (χ1v) is 6.03. The molecule has 102 valence electrons. The topological polar surface area (TPSA) is 59.1 Å². The largest absolute Gasteiger partial charge is 0.447 e. The minimum absolute atomic E-state index is 0.0843. The summed E-state index contributed by atoms with van der Waals surface area (Å²) in [6.07, 6.45) is -0.422. The highest BCUT2D eigenvalue weighted by Crippen LogP contribution is 2.08. The maximum Gasteiger partial charge on any atom is 0.411 e. The fraction of sp³-hybridized carbons (Fsp3) is 0.385. The molecule has 2 amide bonds. The van der Waals surface area contributed by atoms with Gasteiger partial charge in [0.2, 0.25) is 5.91 Å². The van der Waals surface area contributed by atoms with E-state index in [-0.39, 0.29) is 19.2 Å². The highest BCUT2D eigenvalue weighted by molar-refractivity contribution is 5.73. The van der Waals surface area contributed by atoms with Gasteiger partial charge < -0.3 is 4.74 Å². The van der Waals surface area contributed by atoms with E-state index in [0.29, 0.717) is 13.2 Å². The predicted octanol–water partition coefficient (Wildman–Crippen LogP) is 1.38. The molecule has 1 aromatic carbocycles. The van der Waals surface area contributed by atoms with Crippen LogP contribution >= 0.6 is 0 Å². The molecule has 1 heterocycles. The normalized spacial score (nSPS) is 14.4. The number of hydrogen-bond donors (Lipinski definition) is 0. The van der Waals surface area contributed by atoms with Gasteiger partial charge in [-0.15, -0.1) is 0 Å². The van der Waals surface area contributed by atoms with E-state index in [1.54, 1.807) is 0 Å². The van der Waals surface area contributed by atoms with Gasteiger partial charge in [0.05, 0.1) is 6.54 Å². The monoisotopic (exact) mass is 264 g/mol. The van der Waals surface area contributed by atoms with Crippen LogP contribution in [0.3, 0.4) is 0 Å². The van der Waals surface area contributed by atoms with Crippen molar-refractivity contribution in [3.05, 3.63) is 35.9 Å². The zero-order chi connectivity index (χ0) is 13.7. The van der Waals surface area contributed by atoms with Gasteiger partial charge in [-0.05, 0) is 5.56 Å². The number of hydroxylamine groups is 2. The summed E-state index contributed by atoms with van der Waals surface area (Å²) in [6.45, 7) is 2.58. The number of benzene rings is 1. The Morgan fingerprint density at radius 3 is 2.74 bits per heavy atom.